The van der Waals surface area contributed by atoms with Gasteiger partial charge in [0.2, 0.25) is 0 Å². The lowest BCUT2D eigenvalue weighted by Crippen LogP contribution is -2.39. The van der Waals surface area contributed by atoms with E-state index in [-0.39, 0.29) is 0 Å². The smallest absolute Gasteiger partial charge is 0.0619 e. The molecule has 1 aromatic carbocycles. The number of ether oxygens (including phenoxy) is 1. The number of fused-ring (bicyclic) bond motifs is 1. The first-order valence-electron chi connectivity index (χ1n) is 5.11. The van der Waals surface area contributed by atoms with Crippen molar-refractivity contribution in [1.29, 1.82) is 0 Å². The molecule has 1 unspecified atom stereocenters. The standard InChI is InChI=1S/C12H17NO/c1-9-4-3-5-10-6-11(8-14-2)13-7-12(9)10/h3-5,11,13H,6-8H2,1-2H3. The third-order valence-electron chi connectivity index (χ3n) is 2.91. The molecule has 1 aliphatic heterocycles. The monoisotopic (exact) mass is 191 g/mol. The zero-order valence-corrected chi connectivity index (χ0v) is 8.84. The van der Waals surface area contributed by atoms with Gasteiger partial charge in [-0.25, -0.2) is 0 Å². The summed E-state index contributed by atoms with van der Waals surface area (Å²) in [6.07, 6.45) is 1.09. The van der Waals surface area contributed by atoms with E-state index in [1.165, 1.54) is 16.7 Å². The van der Waals surface area contributed by atoms with Crippen LogP contribution >= 0.6 is 0 Å². The molecule has 2 nitrogen and oxygen atoms in total. The highest BCUT2D eigenvalue weighted by Crippen LogP contribution is 2.19. The summed E-state index contributed by atoms with van der Waals surface area (Å²) in [5.74, 6) is 0. The molecule has 1 aromatic rings. The Bertz CT molecular complexity index is 322. The van der Waals surface area contributed by atoms with Crippen LogP contribution in [0.5, 0.6) is 0 Å². The van der Waals surface area contributed by atoms with Gasteiger partial charge in [-0.3, -0.25) is 0 Å². The predicted octanol–water partition coefficient (Wildman–Crippen LogP) is 1.66. The largest absolute Gasteiger partial charge is 0.383 e. The van der Waals surface area contributed by atoms with Crippen LogP contribution in [0, 0.1) is 6.92 Å². The number of hydrogen-bond donors (Lipinski definition) is 1. The van der Waals surface area contributed by atoms with Crippen molar-refractivity contribution in [3.63, 3.8) is 0 Å². The minimum Gasteiger partial charge on any atom is -0.383 e. The summed E-state index contributed by atoms with van der Waals surface area (Å²) in [5.41, 5.74) is 4.34. The molecule has 14 heavy (non-hydrogen) atoms. The van der Waals surface area contributed by atoms with Crippen molar-refractivity contribution in [2.75, 3.05) is 13.7 Å². The third kappa shape index (κ3) is 1.81. The second-order valence-corrected chi connectivity index (χ2v) is 3.95. The maximum Gasteiger partial charge on any atom is 0.0619 e. The van der Waals surface area contributed by atoms with E-state index < -0.39 is 0 Å². The number of nitrogens with one attached hydrogen (secondary N) is 1. The highest BCUT2D eigenvalue weighted by atomic mass is 16.5. The molecule has 1 atom stereocenters. The van der Waals surface area contributed by atoms with Crippen molar-refractivity contribution >= 4 is 0 Å². The summed E-state index contributed by atoms with van der Waals surface area (Å²) in [7, 11) is 1.76. The van der Waals surface area contributed by atoms with E-state index in [4.69, 9.17) is 4.74 Å². The normalized spacial score (nSPS) is 20.6. The fraction of sp³-hybridized carbons (Fsp3) is 0.500. The maximum absolute atomic E-state index is 5.16. The van der Waals surface area contributed by atoms with Gasteiger partial charge in [-0.05, 0) is 30.0 Å². The lowest BCUT2D eigenvalue weighted by molar-refractivity contribution is 0.162. The lowest BCUT2D eigenvalue weighted by atomic mass is 9.93. The Kier molecular flexibility index (Phi) is 2.85. The molecule has 1 heterocycles. The van der Waals surface area contributed by atoms with Crippen LogP contribution < -0.4 is 5.32 Å². The summed E-state index contributed by atoms with van der Waals surface area (Å²) in [4.78, 5) is 0. The van der Waals surface area contributed by atoms with Crippen molar-refractivity contribution in [1.82, 2.24) is 5.32 Å². The van der Waals surface area contributed by atoms with E-state index in [1.807, 2.05) is 0 Å². The number of hydrogen-bond acceptors (Lipinski definition) is 2. The van der Waals surface area contributed by atoms with Gasteiger partial charge in [0, 0.05) is 19.7 Å². The summed E-state index contributed by atoms with van der Waals surface area (Å²) in [6.45, 7) is 3.96. The average molecular weight is 191 g/mol. The van der Waals surface area contributed by atoms with Crippen LogP contribution in [0.4, 0.5) is 0 Å². The molecule has 0 radical (unpaired) electrons. The van der Waals surface area contributed by atoms with E-state index in [1.54, 1.807) is 7.11 Å². The maximum atomic E-state index is 5.16. The first kappa shape index (κ1) is 9.69. The summed E-state index contributed by atoms with van der Waals surface area (Å²) >= 11 is 0. The van der Waals surface area contributed by atoms with Crippen LogP contribution in [0.2, 0.25) is 0 Å². The van der Waals surface area contributed by atoms with Gasteiger partial charge in [-0.1, -0.05) is 18.2 Å². The van der Waals surface area contributed by atoms with Crippen molar-refractivity contribution in [3.8, 4) is 0 Å². The molecule has 76 valence electrons. The predicted molar refractivity (Wildman–Crippen MR) is 57.4 cm³/mol. The van der Waals surface area contributed by atoms with E-state index in [0.717, 1.165) is 19.6 Å². The van der Waals surface area contributed by atoms with Gasteiger partial charge in [-0.15, -0.1) is 0 Å². The minimum absolute atomic E-state index is 0.481. The highest BCUT2D eigenvalue weighted by Gasteiger charge is 2.18. The van der Waals surface area contributed by atoms with E-state index in [0.29, 0.717) is 6.04 Å². The molecule has 2 rings (SSSR count). The van der Waals surface area contributed by atoms with Crippen molar-refractivity contribution < 1.29 is 4.74 Å². The summed E-state index contributed by atoms with van der Waals surface area (Å²) < 4.78 is 5.16. The molecule has 0 fully saturated rings. The molecule has 1 aliphatic rings. The fourth-order valence-corrected chi connectivity index (χ4v) is 2.11. The Morgan fingerprint density at radius 3 is 3.14 bits per heavy atom. The Balaban J connectivity index is 2.18. The summed E-state index contributed by atoms with van der Waals surface area (Å²) in [5, 5.41) is 3.49. The molecular weight excluding hydrogens is 174 g/mol. The molecule has 0 saturated heterocycles. The Labute approximate surface area is 85.3 Å². The van der Waals surface area contributed by atoms with Crippen molar-refractivity contribution in [2.24, 2.45) is 0 Å². The molecule has 0 spiro atoms. The van der Waals surface area contributed by atoms with Gasteiger partial charge in [0.25, 0.3) is 0 Å². The Morgan fingerprint density at radius 1 is 1.50 bits per heavy atom. The molecule has 0 bridgehead atoms. The number of benzene rings is 1. The van der Waals surface area contributed by atoms with Gasteiger partial charge in [0.05, 0.1) is 6.61 Å². The van der Waals surface area contributed by atoms with Crippen LogP contribution in [0.25, 0.3) is 0 Å². The van der Waals surface area contributed by atoms with Crippen LogP contribution in [0.15, 0.2) is 18.2 Å². The molecule has 0 aromatic heterocycles. The molecule has 0 saturated carbocycles. The quantitative estimate of drug-likeness (QED) is 0.767. The van der Waals surface area contributed by atoms with Crippen molar-refractivity contribution in [2.45, 2.75) is 25.9 Å². The molecule has 1 N–H and O–H groups in total. The van der Waals surface area contributed by atoms with Crippen LogP contribution in [0.1, 0.15) is 16.7 Å². The average Bonchev–Trinajstić information content (AvgIpc) is 2.18. The SMILES string of the molecule is COCC1Cc2cccc(C)c2CN1. The van der Waals surface area contributed by atoms with E-state index in [2.05, 4.69) is 30.4 Å². The number of rotatable bonds is 2. The number of methoxy groups -OCH3 is 1. The molecular formula is C12H17NO. The second-order valence-electron chi connectivity index (χ2n) is 3.95. The van der Waals surface area contributed by atoms with Crippen LogP contribution in [0.3, 0.4) is 0 Å². The van der Waals surface area contributed by atoms with Crippen molar-refractivity contribution in [3.05, 3.63) is 34.9 Å². The van der Waals surface area contributed by atoms with Gasteiger partial charge in [0.1, 0.15) is 0 Å². The first-order chi connectivity index (χ1) is 6.81. The topological polar surface area (TPSA) is 21.3 Å². The minimum atomic E-state index is 0.481. The first-order valence-corrected chi connectivity index (χ1v) is 5.11. The van der Waals surface area contributed by atoms with Gasteiger partial charge in [-0.2, -0.15) is 0 Å². The number of aryl methyl sites for hydroxylation is 1. The van der Waals surface area contributed by atoms with Crippen LogP contribution in [-0.2, 0) is 17.7 Å². The highest BCUT2D eigenvalue weighted by molar-refractivity contribution is 5.36. The molecule has 0 amide bonds. The second kappa shape index (κ2) is 4.11. The van der Waals surface area contributed by atoms with Crippen LogP contribution in [-0.4, -0.2) is 19.8 Å². The fourth-order valence-electron chi connectivity index (χ4n) is 2.11. The third-order valence-corrected chi connectivity index (χ3v) is 2.91. The van der Waals surface area contributed by atoms with Gasteiger partial charge >= 0.3 is 0 Å². The van der Waals surface area contributed by atoms with E-state index in [9.17, 15) is 0 Å². The lowest BCUT2D eigenvalue weighted by Gasteiger charge is -2.26. The van der Waals surface area contributed by atoms with Gasteiger partial charge < -0.3 is 10.1 Å². The zero-order valence-electron chi connectivity index (χ0n) is 8.84. The Morgan fingerprint density at radius 2 is 2.36 bits per heavy atom. The Hall–Kier alpha value is -0.860. The van der Waals surface area contributed by atoms with Gasteiger partial charge in [0.15, 0.2) is 0 Å². The zero-order chi connectivity index (χ0) is 9.97. The summed E-state index contributed by atoms with van der Waals surface area (Å²) in [6, 6.07) is 7.03. The molecule has 2 heteroatoms. The van der Waals surface area contributed by atoms with E-state index >= 15 is 0 Å². The molecule has 0 aliphatic carbocycles.